The van der Waals surface area contributed by atoms with Crippen molar-refractivity contribution in [1.82, 2.24) is 5.32 Å². The minimum absolute atomic E-state index is 0.451. The summed E-state index contributed by atoms with van der Waals surface area (Å²) in [6.07, 6.45) is 3.66. The average Bonchev–Trinajstić information content (AvgIpc) is 2.91. The molecule has 0 unspecified atom stereocenters. The third kappa shape index (κ3) is 2.66. The first-order valence-corrected chi connectivity index (χ1v) is 5.99. The highest BCUT2D eigenvalue weighted by atomic mass is 35.5. The van der Waals surface area contributed by atoms with E-state index >= 15 is 0 Å². The molecule has 0 aliphatic heterocycles. The third-order valence-corrected chi connectivity index (χ3v) is 3.68. The predicted molar refractivity (Wildman–Crippen MR) is 65.8 cm³/mol. The molecule has 0 radical (unpaired) electrons. The zero-order valence-electron chi connectivity index (χ0n) is 8.82. The van der Waals surface area contributed by atoms with Gasteiger partial charge >= 0.3 is 0 Å². The van der Waals surface area contributed by atoms with Crippen LogP contribution < -0.4 is 5.32 Å². The summed E-state index contributed by atoms with van der Waals surface area (Å²) in [5, 5.41) is 4.76. The van der Waals surface area contributed by atoms with E-state index in [0.717, 1.165) is 18.0 Å². The molecule has 1 fully saturated rings. The van der Waals surface area contributed by atoms with Crippen LogP contribution in [0.25, 0.3) is 0 Å². The van der Waals surface area contributed by atoms with E-state index in [9.17, 15) is 0 Å². The first kappa shape index (κ1) is 11.3. The maximum absolute atomic E-state index is 6.16. The van der Waals surface area contributed by atoms with Crippen LogP contribution in [0.1, 0.15) is 18.4 Å². The van der Waals surface area contributed by atoms with Crippen molar-refractivity contribution in [3.63, 3.8) is 0 Å². The number of hydrogen-bond donors (Lipinski definition) is 1. The van der Waals surface area contributed by atoms with Crippen LogP contribution in [-0.2, 0) is 6.42 Å². The maximum atomic E-state index is 6.16. The number of benzene rings is 1. The second kappa shape index (κ2) is 4.32. The van der Waals surface area contributed by atoms with Gasteiger partial charge in [-0.1, -0.05) is 29.3 Å². The second-order valence-electron chi connectivity index (χ2n) is 4.44. The van der Waals surface area contributed by atoms with Gasteiger partial charge in [0.1, 0.15) is 0 Å². The molecule has 0 atom stereocenters. The van der Waals surface area contributed by atoms with Crippen LogP contribution in [0.5, 0.6) is 0 Å². The largest absolute Gasteiger partial charge is 0.319 e. The molecule has 1 aliphatic rings. The van der Waals surface area contributed by atoms with E-state index in [1.807, 2.05) is 25.2 Å². The van der Waals surface area contributed by atoms with E-state index in [0.29, 0.717) is 10.4 Å². The minimum atomic E-state index is 0.451. The molecule has 1 aromatic carbocycles. The van der Waals surface area contributed by atoms with E-state index in [-0.39, 0.29) is 0 Å². The fourth-order valence-electron chi connectivity index (χ4n) is 2.04. The van der Waals surface area contributed by atoms with Gasteiger partial charge in [0.05, 0.1) is 0 Å². The highest BCUT2D eigenvalue weighted by Crippen LogP contribution is 2.48. The van der Waals surface area contributed by atoms with Gasteiger partial charge < -0.3 is 5.32 Å². The Bertz CT molecular complexity index is 359. The van der Waals surface area contributed by atoms with Gasteiger partial charge in [-0.25, -0.2) is 0 Å². The van der Waals surface area contributed by atoms with E-state index < -0.39 is 0 Å². The molecule has 0 saturated heterocycles. The summed E-state index contributed by atoms with van der Waals surface area (Å²) in [5.41, 5.74) is 1.67. The van der Waals surface area contributed by atoms with Gasteiger partial charge in [-0.05, 0) is 49.4 Å². The molecule has 2 rings (SSSR count). The molecule has 1 aliphatic carbocycles. The van der Waals surface area contributed by atoms with E-state index in [2.05, 4.69) is 5.32 Å². The van der Waals surface area contributed by atoms with Gasteiger partial charge in [-0.2, -0.15) is 0 Å². The number of rotatable bonds is 4. The zero-order chi connectivity index (χ0) is 10.9. The second-order valence-corrected chi connectivity index (χ2v) is 5.29. The lowest BCUT2D eigenvalue weighted by molar-refractivity contribution is 0.478. The van der Waals surface area contributed by atoms with Gasteiger partial charge in [0, 0.05) is 16.6 Å². The highest BCUT2D eigenvalue weighted by molar-refractivity contribution is 6.35. The Kier molecular flexibility index (Phi) is 3.24. The Morgan fingerprint density at radius 3 is 2.60 bits per heavy atom. The molecule has 0 spiro atoms. The Labute approximate surface area is 101 Å². The molecular weight excluding hydrogens is 229 g/mol. The predicted octanol–water partition coefficient (Wildman–Crippen LogP) is 3.54. The monoisotopic (exact) mass is 243 g/mol. The molecule has 15 heavy (non-hydrogen) atoms. The molecule has 0 aromatic heterocycles. The summed E-state index contributed by atoms with van der Waals surface area (Å²) < 4.78 is 0. The molecule has 1 aromatic rings. The van der Waals surface area contributed by atoms with Crippen LogP contribution in [0.15, 0.2) is 18.2 Å². The standard InChI is InChI=1S/C12H15Cl2N/c1-15-8-12(4-5-12)7-9-2-3-10(13)6-11(9)14/h2-3,6,15H,4-5,7-8H2,1H3. The molecular formula is C12H15Cl2N. The van der Waals surface area contributed by atoms with E-state index in [4.69, 9.17) is 23.2 Å². The fourth-order valence-corrected chi connectivity index (χ4v) is 2.51. The van der Waals surface area contributed by atoms with Crippen molar-refractivity contribution in [2.45, 2.75) is 19.3 Å². The number of nitrogens with one attached hydrogen (secondary N) is 1. The summed E-state index contributed by atoms with van der Waals surface area (Å²) >= 11 is 12.0. The average molecular weight is 244 g/mol. The molecule has 0 amide bonds. The quantitative estimate of drug-likeness (QED) is 0.854. The molecule has 82 valence electrons. The van der Waals surface area contributed by atoms with Crippen LogP contribution >= 0.6 is 23.2 Å². The Hall–Kier alpha value is -0.240. The van der Waals surface area contributed by atoms with Gasteiger partial charge in [0.2, 0.25) is 0 Å². The van der Waals surface area contributed by atoms with E-state index in [1.54, 1.807) is 0 Å². The lowest BCUT2D eigenvalue weighted by Gasteiger charge is -2.15. The molecule has 0 heterocycles. The first-order chi connectivity index (χ1) is 7.15. The Morgan fingerprint density at radius 2 is 2.07 bits per heavy atom. The van der Waals surface area contributed by atoms with Crippen LogP contribution in [0.2, 0.25) is 10.0 Å². The lowest BCUT2D eigenvalue weighted by Crippen LogP contribution is -2.22. The van der Waals surface area contributed by atoms with Gasteiger partial charge in [0.15, 0.2) is 0 Å². The van der Waals surface area contributed by atoms with Crippen LogP contribution in [0.3, 0.4) is 0 Å². The summed E-state index contributed by atoms with van der Waals surface area (Å²) in [6, 6.07) is 5.78. The summed E-state index contributed by atoms with van der Waals surface area (Å²) in [4.78, 5) is 0. The van der Waals surface area contributed by atoms with Crippen LogP contribution in [0.4, 0.5) is 0 Å². The first-order valence-electron chi connectivity index (χ1n) is 5.24. The third-order valence-electron chi connectivity index (χ3n) is 3.09. The van der Waals surface area contributed by atoms with Crippen molar-refractivity contribution < 1.29 is 0 Å². The summed E-state index contributed by atoms with van der Waals surface area (Å²) in [5.74, 6) is 0. The normalized spacial score (nSPS) is 17.8. The molecule has 3 heteroatoms. The summed E-state index contributed by atoms with van der Waals surface area (Å²) in [7, 11) is 2.00. The zero-order valence-corrected chi connectivity index (χ0v) is 10.3. The lowest BCUT2D eigenvalue weighted by atomic mass is 9.96. The Morgan fingerprint density at radius 1 is 1.33 bits per heavy atom. The molecule has 0 bridgehead atoms. The van der Waals surface area contributed by atoms with Gasteiger partial charge in [0.25, 0.3) is 0 Å². The maximum Gasteiger partial charge on any atom is 0.0453 e. The van der Waals surface area contributed by atoms with E-state index in [1.165, 1.54) is 18.4 Å². The highest BCUT2D eigenvalue weighted by Gasteiger charge is 2.41. The topological polar surface area (TPSA) is 12.0 Å². The Balaban J connectivity index is 2.11. The van der Waals surface area contributed by atoms with Crippen molar-refractivity contribution in [2.75, 3.05) is 13.6 Å². The molecule has 1 nitrogen and oxygen atoms in total. The van der Waals surface area contributed by atoms with Gasteiger partial charge in [-0.3, -0.25) is 0 Å². The smallest absolute Gasteiger partial charge is 0.0453 e. The van der Waals surface area contributed by atoms with Crippen LogP contribution in [0, 0.1) is 5.41 Å². The van der Waals surface area contributed by atoms with Gasteiger partial charge in [-0.15, -0.1) is 0 Å². The van der Waals surface area contributed by atoms with Crippen molar-refractivity contribution in [2.24, 2.45) is 5.41 Å². The van der Waals surface area contributed by atoms with Crippen molar-refractivity contribution >= 4 is 23.2 Å². The summed E-state index contributed by atoms with van der Waals surface area (Å²) in [6.45, 7) is 1.08. The van der Waals surface area contributed by atoms with Crippen molar-refractivity contribution in [1.29, 1.82) is 0 Å². The van der Waals surface area contributed by atoms with Crippen molar-refractivity contribution in [3.05, 3.63) is 33.8 Å². The fraction of sp³-hybridized carbons (Fsp3) is 0.500. The number of hydrogen-bond acceptors (Lipinski definition) is 1. The minimum Gasteiger partial charge on any atom is -0.319 e. The molecule has 1 saturated carbocycles. The van der Waals surface area contributed by atoms with Crippen molar-refractivity contribution in [3.8, 4) is 0 Å². The molecule has 1 N–H and O–H groups in total. The number of halogens is 2. The van der Waals surface area contributed by atoms with Crippen LogP contribution in [-0.4, -0.2) is 13.6 Å². The SMILES string of the molecule is CNCC1(Cc2ccc(Cl)cc2Cl)CC1.